The molecule has 1 N–H and O–H groups in total. The summed E-state index contributed by atoms with van der Waals surface area (Å²) in [5.74, 6) is 2.32. The van der Waals surface area contributed by atoms with Crippen LogP contribution in [-0.4, -0.2) is 44.7 Å². The second kappa shape index (κ2) is 11.1. The normalized spacial score (nSPS) is 9.65. The fraction of sp³-hybridized carbons (Fsp3) is 0.667. The minimum atomic E-state index is -0.0700. The highest BCUT2D eigenvalue weighted by atomic mass is 16.5. The van der Waals surface area contributed by atoms with E-state index in [4.69, 9.17) is 15.9 Å². The Morgan fingerprint density at radius 2 is 1.94 bits per heavy atom. The number of hydrogen-bond acceptors (Lipinski definition) is 4. The minimum absolute atomic E-state index is 0.00854. The van der Waals surface area contributed by atoms with Gasteiger partial charge < -0.3 is 14.8 Å². The molecular formula is C12H19NO4. The molecule has 0 fully saturated rings. The molecule has 0 atom stereocenters. The van der Waals surface area contributed by atoms with Crippen molar-refractivity contribution in [2.24, 2.45) is 0 Å². The molecule has 0 aromatic rings. The van der Waals surface area contributed by atoms with E-state index in [1.54, 1.807) is 0 Å². The van der Waals surface area contributed by atoms with Crippen LogP contribution >= 0.6 is 0 Å². The topological polar surface area (TPSA) is 64.6 Å². The van der Waals surface area contributed by atoms with Gasteiger partial charge in [0.25, 0.3) is 0 Å². The number of carbonyl (C=O) groups excluding carboxylic acids is 2. The van der Waals surface area contributed by atoms with Crippen LogP contribution in [0.5, 0.6) is 0 Å². The van der Waals surface area contributed by atoms with E-state index in [1.807, 2.05) is 0 Å². The lowest BCUT2D eigenvalue weighted by Gasteiger charge is -2.06. The molecule has 0 aromatic heterocycles. The number of hydrogen-bond donors (Lipinski definition) is 1. The van der Waals surface area contributed by atoms with E-state index < -0.39 is 0 Å². The van der Waals surface area contributed by atoms with Crippen LogP contribution in [0.25, 0.3) is 0 Å². The first-order chi connectivity index (χ1) is 8.16. The number of carbonyl (C=O) groups is 2. The first kappa shape index (κ1) is 15.6. The van der Waals surface area contributed by atoms with Gasteiger partial charge in [-0.15, -0.1) is 12.3 Å². The second-order valence-electron chi connectivity index (χ2n) is 3.42. The van der Waals surface area contributed by atoms with Crippen LogP contribution in [0.1, 0.15) is 19.8 Å². The first-order valence-corrected chi connectivity index (χ1v) is 5.52. The summed E-state index contributed by atoms with van der Waals surface area (Å²) in [5.41, 5.74) is 0. The molecule has 96 valence electrons. The maximum Gasteiger partial charge on any atom is 0.221 e. The number of rotatable bonds is 10. The van der Waals surface area contributed by atoms with Gasteiger partial charge in [-0.3, -0.25) is 9.59 Å². The number of nitrogens with one attached hydrogen (secondary N) is 1. The van der Waals surface area contributed by atoms with E-state index in [-0.39, 0.29) is 18.3 Å². The zero-order valence-electron chi connectivity index (χ0n) is 10.2. The predicted octanol–water partition coefficient (Wildman–Crippen LogP) is 0.138. The fourth-order valence-electron chi connectivity index (χ4n) is 0.973. The van der Waals surface area contributed by atoms with Crippen LogP contribution in [0.4, 0.5) is 0 Å². The summed E-state index contributed by atoms with van der Waals surface area (Å²) in [7, 11) is 0. The average Bonchev–Trinajstić information content (AvgIpc) is 2.29. The summed E-state index contributed by atoms with van der Waals surface area (Å²) in [6.07, 6.45) is 5.82. The molecule has 1 amide bonds. The predicted molar refractivity (Wildman–Crippen MR) is 63.4 cm³/mol. The largest absolute Gasteiger partial charge is 0.377 e. The van der Waals surface area contributed by atoms with Gasteiger partial charge in [0.15, 0.2) is 5.78 Å². The lowest BCUT2D eigenvalue weighted by molar-refractivity contribution is -0.123. The van der Waals surface area contributed by atoms with Crippen molar-refractivity contribution in [3.8, 4) is 12.3 Å². The molecule has 0 aliphatic carbocycles. The first-order valence-electron chi connectivity index (χ1n) is 5.52. The van der Waals surface area contributed by atoms with Gasteiger partial charge in [0.2, 0.25) is 5.91 Å². The lowest BCUT2D eigenvalue weighted by Crippen LogP contribution is -2.27. The fourth-order valence-corrected chi connectivity index (χ4v) is 0.973. The summed E-state index contributed by atoms with van der Waals surface area (Å²) in [6.45, 7) is 3.25. The van der Waals surface area contributed by atoms with Crippen LogP contribution < -0.4 is 5.32 Å². The molecule has 0 heterocycles. The summed E-state index contributed by atoms with van der Waals surface area (Å²) >= 11 is 0. The maximum atomic E-state index is 11.1. The van der Waals surface area contributed by atoms with Crippen LogP contribution in [-0.2, 0) is 19.1 Å². The number of amides is 1. The minimum Gasteiger partial charge on any atom is -0.377 e. The quantitative estimate of drug-likeness (QED) is 0.436. The van der Waals surface area contributed by atoms with Crippen LogP contribution in [0, 0.1) is 12.3 Å². The molecule has 0 aliphatic rings. The number of Topliss-reactive ketones (excluding diaryl/α,β-unsaturated/α-hetero) is 1. The van der Waals surface area contributed by atoms with Crippen molar-refractivity contribution < 1.29 is 19.1 Å². The Morgan fingerprint density at radius 1 is 1.24 bits per heavy atom. The monoisotopic (exact) mass is 241 g/mol. The molecule has 5 heteroatoms. The number of ketones is 1. The van der Waals surface area contributed by atoms with Crippen molar-refractivity contribution in [1.29, 1.82) is 0 Å². The smallest absolute Gasteiger partial charge is 0.221 e. The van der Waals surface area contributed by atoms with Gasteiger partial charge in [-0.05, 0) is 6.92 Å². The van der Waals surface area contributed by atoms with Gasteiger partial charge in [-0.25, -0.2) is 0 Å². The van der Waals surface area contributed by atoms with E-state index in [0.29, 0.717) is 39.2 Å². The Hall–Kier alpha value is -1.38. The molecule has 0 aromatic carbocycles. The van der Waals surface area contributed by atoms with Crippen molar-refractivity contribution in [2.75, 3.05) is 33.0 Å². The van der Waals surface area contributed by atoms with E-state index in [0.717, 1.165) is 0 Å². The second-order valence-corrected chi connectivity index (χ2v) is 3.42. The third-order valence-electron chi connectivity index (χ3n) is 1.74. The molecule has 0 radical (unpaired) electrons. The Labute approximate surface area is 102 Å². The molecule has 0 aliphatic heterocycles. The highest BCUT2D eigenvalue weighted by molar-refractivity contribution is 5.76. The molecule has 0 bridgehead atoms. The Morgan fingerprint density at radius 3 is 2.59 bits per heavy atom. The third kappa shape index (κ3) is 12.6. The van der Waals surface area contributed by atoms with Gasteiger partial charge in [0.1, 0.15) is 6.61 Å². The van der Waals surface area contributed by atoms with Crippen molar-refractivity contribution in [1.82, 2.24) is 5.32 Å². The van der Waals surface area contributed by atoms with Gasteiger partial charge in [-0.1, -0.05) is 0 Å². The van der Waals surface area contributed by atoms with Crippen molar-refractivity contribution in [2.45, 2.75) is 19.8 Å². The standard InChI is InChI=1S/C12H19NO4/c1-3-4-5-12(15)13-6-7-16-8-9-17-10-11(2)14/h1H,4-10H2,2H3,(H,13,15). The summed E-state index contributed by atoms with van der Waals surface area (Å²) in [6, 6.07) is 0. The molecular weight excluding hydrogens is 222 g/mol. The van der Waals surface area contributed by atoms with Crippen molar-refractivity contribution >= 4 is 11.7 Å². The van der Waals surface area contributed by atoms with Gasteiger partial charge in [0.05, 0.1) is 19.8 Å². The molecule has 0 saturated carbocycles. The van der Waals surface area contributed by atoms with Gasteiger partial charge in [-0.2, -0.15) is 0 Å². The molecule has 5 nitrogen and oxygen atoms in total. The maximum absolute atomic E-state index is 11.1. The van der Waals surface area contributed by atoms with Crippen LogP contribution in [0.15, 0.2) is 0 Å². The molecule has 0 saturated heterocycles. The van der Waals surface area contributed by atoms with Crippen molar-refractivity contribution in [3.05, 3.63) is 0 Å². The summed E-state index contributed by atoms with van der Waals surface area (Å²) in [4.78, 5) is 21.6. The third-order valence-corrected chi connectivity index (χ3v) is 1.74. The Bertz CT molecular complexity index is 270. The summed E-state index contributed by atoms with van der Waals surface area (Å²) in [5, 5.41) is 2.67. The lowest BCUT2D eigenvalue weighted by atomic mass is 10.3. The molecule has 0 unspecified atom stereocenters. The average molecular weight is 241 g/mol. The SMILES string of the molecule is C#CCCC(=O)NCCOCCOCC(C)=O. The van der Waals surface area contributed by atoms with Crippen LogP contribution in [0.2, 0.25) is 0 Å². The molecule has 17 heavy (non-hydrogen) atoms. The highest BCUT2D eigenvalue weighted by Gasteiger charge is 1.98. The van der Waals surface area contributed by atoms with Crippen LogP contribution in [0.3, 0.4) is 0 Å². The van der Waals surface area contributed by atoms with E-state index in [1.165, 1.54) is 6.92 Å². The molecule has 0 rings (SSSR count). The van der Waals surface area contributed by atoms with E-state index in [9.17, 15) is 9.59 Å². The highest BCUT2D eigenvalue weighted by Crippen LogP contribution is 1.85. The zero-order chi connectivity index (χ0) is 12.9. The Balaban J connectivity index is 3.16. The van der Waals surface area contributed by atoms with E-state index in [2.05, 4.69) is 11.2 Å². The number of ether oxygens (including phenoxy) is 2. The molecule has 0 spiro atoms. The van der Waals surface area contributed by atoms with Gasteiger partial charge >= 0.3 is 0 Å². The summed E-state index contributed by atoms with van der Waals surface area (Å²) < 4.78 is 10.2. The number of terminal acetylenes is 1. The zero-order valence-corrected chi connectivity index (χ0v) is 10.2. The van der Waals surface area contributed by atoms with Crippen molar-refractivity contribution in [3.63, 3.8) is 0 Å². The van der Waals surface area contributed by atoms with E-state index >= 15 is 0 Å². The van der Waals surface area contributed by atoms with Gasteiger partial charge in [0, 0.05) is 19.4 Å². The Kier molecular flexibility index (Phi) is 10.2.